The molecular formula is C15H21NO4S. The summed E-state index contributed by atoms with van der Waals surface area (Å²) in [5.74, 6) is 0.565. The van der Waals surface area contributed by atoms with Gasteiger partial charge < -0.3 is 9.47 Å². The van der Waals surface area contributed by atoms with Crippen molar-refractivity contribution in [1.82, 2.24) is 4.31 Å². The lowest BCUT2D eigenvalue weighted by Crippen LogP contribution is -2.48. The summed E-state index contributed by atoms with van der Waals surface area (Å²) in [5, 5.41) is 0. The lowest BCUT2D eigenvalue weighted by atomic mass is 10.0. The minimum Gasteiger partial charge on any atom is -0.497 e. The van der Waals surface area contributed by atoms with Crippen molar-refractivity contribution in [2.45, 2.75) is 48.8 Å². The van der Waals surface area contributed by atoms with Crippen LogP contribution >= 0.6 is 0 Å². The lowest BCUT2D eigenvalue weighted by Gasteiger charge is -2.37. The molecular weight excluding hydrogens is 290 g/mol. The minimum atomic E-state index is -3.46. The summed E-state index contributed by atoms with van der Waals surface area (Å²) in [6.07, 6.45) is 3.60. The maximum atomic E-state index is 12.9. The number of benzene rings is 1. The summed E-state index contributed by atoms with van der Waals surface area (Å²) < 4.78 is 38.2. The third-order valence-electron chi connectivity index (χ3n) is 4.57. The van der Waals surface area contributed by atoms with Gasteiger partial charge in [0.2, 0.25) is 10.0 Å². The van der Waals surface area contributed by atoms with Crippen molar-refractivity contribution in [1.29, 1.82) is 0 Å². The Morgan fingerprint density at radius 1 is 1.14 bits per heavy atom. The normalized spacial score (nSPS) is 29.5. The van der Waals surface area contributed by atoms with Crippen LogP contribution in [0.4, 0.5) is 0 Å². The van der Waals surface area contributed by atoms with Gasteiger partial charge in [-0.15, -0.1) is 0 Å². The lowest BCUT2D eigenvalue weighted by molar-refractivity contribution is 0.0349. The van der Waals surface area contributed by atoms with E-state index in [1.54, 1.807) is 42.8 Å². The first-order valence-electron chi connectivity index (χ1n) is 7.26. The standard InChI is InChI=1S/C15H21NO4S/c1-19-13-4-3-5-15(10-13)21(17,18)16-11-6-7-12(16)9-14(8-11)20-2/h3-5,10-12,14H,6-9H2,1-2H3. The molecule has 5 nitrogen and oxygen atoms in total. The topological polar surface area (TPSA) is 55.8 Å². The summed E-state index contributed by atoms with van der Waals surface area (Å²) >= 11 is 0. The molecule has 1 aromatic rings. The number of rotatable bonds is 4. The first kappa shape index (κ1) is 14.8. The molecule has 2 aliphatic heterocycles. The van der Waals surface area contributed by atoms with Crippen LogP contribution in [0, 0.1) is 0 Å². The Labute approximate surface area is 125 Å². The molecule has 0 saturated carbocycles. The Morgan fingerprint density at radius 3 is 2.38 bits per heavy atom. The van der Waals surface area contributed by atoms with Gasteiger partial charge in [0.05, 0.1) is 18.1 Å². The van der Waals surface area contributed by atoms with Gasteiger partial charge in [0.25, 0.3) is 0 Å². The van der Waals surface area contributed by atoms with Crippen LogP contribution in [0.1, 0.15) is 25.7 Å². The molecule has 1 aromatic carbocycles. The number of piperidine rings is 1. The number of fused-ring (bicyclic) bond motifs is 2. The SMILES string of the molecule is COc1cccc(S(=O)(=O)N2C3CCC2CC(OC)C3)c1. The van der Waals surface area contributed by atoms with E-state index in [4.69, 9.17) is 9.47 Å². The minimum absolute atomic E-state index is 0.0601. The van der Waals surface area contributed by atoms with Crippen molar-refractivity contribution in [3.63, 3.8) is 0 Å². The number of hydrogen-bond acceptors (Lipinski definition) is 4. The van der Waals surface area contributed by atoms with Crippen LogP contribution in [0.3, 0.4) is 0 Å². The average Bonchev–Trinajstić information content (AvgIpc) is 2.79. The monoisotopic (exact) mass is 311 g/mol. The van der Waals surface area contributed by atoms with Crippen molar-refractivity contribution in [3.05, 3.63) is 24.3 Å². The molecule has 0 spiro atoms. The van der Waals surface area contributed by atoms with Crippen LogP contribution in [-0.4, -0.2) is 45.1 Å². The van der Waals surface area contributed by atoms with Gasteiger partial charge in [-0.25, -0.2) is 8.42 Å². The van der Waals surface area contributed by atoms with E-state index in [0.717, 1.165) is 25.7 Å². The van der Waals surface area contributed by atoms with Crippen molar-refractivity contribution < 1.29 is 17.9 Å². The molecule has 0 N–H and O–H groups in total. The van der Waals surface area contributed by atoms with Gasteiger partial charge in [0, 0.05) is 25.3 Å². The second-order valence-corrected chi connectivity index (χ2v) is 7.57. The molecule has 2 heterocycles. The predicted octanol–water partition coefficient (Wildman–Crippen LogP) is 2.03. The highest BCUT2D eigenvalue weighted by Gasteiger charge is 2.47. The third-order valence-corrected chi connectivity index (χ3v) is 6.57. The van der Waals surface area contributed by atoms with Crippen LogP contribution in [-0.2, 0) is 14.8 Å². The highest BCUT2D eigenvalue weighted by molar-refractivity contribution is 7.89. The van der Waals surface area contributed by atoms with Crippen molar-refractivity contribution in [3.8, 4) is 5.75 Å². The summed E-state index contributed by atoms with van der Waals surface area (Å²) in [5.41, 5.74) is 0. The van der Waals surface area contributed by atoms with Crippen LogP contribution in [0.25, 0.3) is 0 Å². The van der Waals surface area contributed by atoms with E-state index in [9.17, 15) is 8.42 Å². The number of ether oxygens (including phenoxy) is 2. The first-order chi connectivity index (χ1) is 10.1. The smallest absolute Gasteiger partial charge is 0.243 e. The molecule has 0 aliphatic carbocycles. The number of sulfonamides is 1. The fraction of sp³-hybridized carbons (Fsp3) is 0.600. The molecule has 21 heavy (non-hydrogen) atoms. The van der Waals surface area contributed by atoms with Crippen molar-refractivity contribution in [2.75, 3.05) is 14.2 Å². The van der Waals surface area contributed by atoms with E-state index in [1.807, 2.05) is 0 Å². The van der Waals surface area contributed by atoms with Gasteiger partial charge >= 0.3 is 0 Å². The van der Waals surface area contributed by atoms with E-state index < -0.39 is 10.0 Å². The molecule has 2 saturated heterocycles. The Kier molecular flexibility index (Phi) is 3.94. The Hall–Kier alpha value is -1.11. The second kappa shape index (κ2) is 5.59. The van der Waals surface area contributed by atoms with E-state index >= 15 is 0 Å². The summed E-state index contributed by atoms with van der Waals surface area (Å²) in [4.78, 5) is 0.314. The number of hydrogen-bond donors (Lipinski definition) is 0. The largest absolute Gasteiger partial charge is 0.497 e. The summed E-state index contributed by atoms with van der Waals surface area (Å²) in [6, 6.07) is 6.83. The predicted molar refractivity (Wildman–Crippen MR) is 78.9 cm³/mol. The van der Waals surface area contributed by atoms with Gasteiger partial charge in [-0.2, -0.15) is 4.31 Å². The molecule has 0 aromatic heterocycles. The van der Waals surface area contributed by atoms with Crippen molar-refractivity contribution in [2.24, 2.45) is 0 Å². The molecule has 2 bridgehead atoms. The number of methoxy groups -OCH3 is 2. The third kappa shape index (κ3) is 2.56. The van der Waals surface area contributed by atoms with Crippen LogP contribution < -0.4 is 4.74 Å². The Balaban J connectivity index is 1.92. The number of nitrogens with zero attached hydrogens (tertiary/aromatic N) is 1. The summed E-state index contributed by atoms with van der Waals surface area (Å²) in [6.45, 7) is 0. The highest BCUT2D eigenvalue weighted by atomic mass is 32.2. The van der Waals surface area contributed by atoms with Gasteiger partial charge in [0.1, 0.15) is 5.75 Å². The Bertz CT molecular complexity index is 602. The molecule has 2 atom stereocenters. The molecule has 2 fully saturated rings. The molecule has 116 valence electrons. The zero-order valence-electron chi connectivity index (χ0n) is 12.4. The van der Waals surface area contributed by atoms with Crippen molar-refractivity contribution >= 4 is 10.0 Å². The van der Waals surface area contributed by atoms with Gasteiger partial charge in [-0.3, -0.25) is 0 Å². The molecule has 3 rings (SSSR count). The fourth-order valence-corrected chi connectivity index (χ4v) is 5.48. The maximum Gasteiger partial charge on any atom is 0.243 e. The van der Waals surface area contributed by atoms with E-state index in [2.05, 4.69) is 0 Å². The van der Waals surface area contributed by atoms with Crippen LogP contribution in [0.2, 0.25) is 0 Å². The van der Waals surface area contributed by atoms with Gasteiger partial charge in [-0.1, -0.05) is 6.07 Å². The van der Waals surface area contributed by atoms with Gasteiger partial charge in [-0.05, 0) is 37.8 Å². The second-order valence-electron chi connectivity index (χ2n) is 5.73. The molecule has 0 amide bonds. The molecule has 6 heteroatoms. The quantitative estimate of drug-likeness (QED) is 0.854. The first-order valence-corrected chi connectivity index (χ1v) is 8.70. The highest BCUT2D eigenvalue weighted by Crippen LogP contribution is 2.40. The van der Waals surface area contributed by atoms with Gasteiger partial charge in [0.15, 0.2) is 0 Å². The van der Waals surface area contributed by atoms with Crippen LogP contribution in [0.15, 0.2) is 29.2 Å². The molecule has 2 aliphatic rings. The van der Waals surface area contributed by atoms with Crippen LogP contribution in [0.5, 0.6) is 5.75 Å². The van der Waals surface area contributed by atoms with E-state index in [-0.39, 0.29) is 18.2 Å². The zero-order valence-corrected chi connectivity index (χ0v) is 13.2. The Morgan fingerprint density at radius 2 is 1.81 bits per heavy atom. The average molecular weight is 311 g/mol. The summed E-state index contributed by atoms with van der Waals surface area (Å²) in [7, 11) is -0.219. The van der Waals surface area contributed by atoms with E-state index in [1.165, 1.54) is 0 Å². The molecule has 0 radical (unpaired) electrons. The maximum absolute atomic E-state index is 12.9. The zero-order chi connectivity index (χ0) is 15.0. The molecule has 2 unspecified atom stereocenters. The fourth-order valence-electron chi connectivity index (χ4n) is 3.55. The van der Waals surface area contributed by atoms with E-state index in [0.29, 0.717) is 10.6 Å².